The molecule has 2 aliphatic heterocycles. The third-order valence-corrected chi connectivity index (χ3v) is 4.00. The van der Waals surface area contributed by atoms with Gasteiger partial charge in [-0.3, -0.25) is 9.69 Å². The van der Waals surface area contributed by atoms with Gasteiger partial charge in [0, 0.05) is 19.6 Å². The Morgan fingerprint density at radius 3 is 3.05 bits per heavy atom. The van der Waals surface area contributed by atoms with E-state index in [0.717, 1.165) is 11.0 Å². The number of benzene rings is 1. The number of hydrogen-bond donors (Lipinski definition) is 1. The van der Waals surface area contributed by atoms with E-state index in [4.69, 9.17) is 4.74 Å². The van der Waals surface area contributed by atoms with Gasteiger partial charge in [0.15, 0.2) is 5.82 Å². The zero-order valence-corrected chi connectivity index (χ0v) is 11.3. The smallest absolute Gasteiger partial charge is 0.410 e. The van der Waals surface area contributed by atoms with Crippen LogP contribution in [0.25, 0.3) is 11.0 Å². The number of aromatic amines is 1. The predicted molar refractivity (Wildman–Crippen MR) is 73.8 cm³/mol. The summed E-state index contributed by atoms with van der Waals surface area (Å²) in [5.41, 5.74) is 1.62. The Balaban J connectivity index is 1.56. The van der Waals surface area contributed by atoms with Gasteiger partial charge in [0.05, 0.1) is 17.1 Å². The lowest BCUT2D eigenvalue weighted by atomic mass is 10.2. The van der Waals surface area contributed by atoms with E-state index in [1.807, 2.05) is 24.3 Å². The molecule has 2 fully saturated rings. The summed E-state index contributed by atoms with van der Waals surface area (Å²) in [6.45, 7) is 1.85. The average molecular weight is 286 g/mol. The van der Waals surface area contributed by atoms with Gasteiger partial charge in [-0.15, -0.1) is 0 Å². The van der Waals surface area contributed by atoms with Crippen LogP contribution in [0.4, 0.5) is 4.79 Å². The topological polar surface area (TPSA) is 78.5 Å². The van der Waals surface area contributed by atoms with Crippen molar-refractivity contribution in [2.24, 2.45) is 0 Å². The molecule has 1 atom stereocenters. The van der Waals surface area contributed by atoms with Gasteiger partial charge < -0.3 is 14.6 Å². The molecule has 21 heavy (non-hydrogen) atoms. The van der Waals surface area contributed by atoms with Gasteiger partial charge in [-0.2, -0.15) is 0 Å². The van der Waals surface area contributed by atoms with Crippen LogP contribution in [0.5, 0.6) is 0 Å². The van der Waals surface area contributed by atoms with E-state index in [0.29, 0.717) is 32.1 Å². The van der Waals surface area contributed by atoms with Crippen molar-refractivity contribution in [3.63, 3.8) is 0 Å². The highest BCUT2D eigenvalue weighted by atomic mass is 16.6. The Kier molecular flexibility index (Phi) is 2.60. The van der Waals surface area contributed by atoms with E-state index < -0.39 is 0 Å². The number of imidazole rings is 1. The molecule has 0 bridgehead atoms. The van der Waals surface area contributed by atoms with Crippen LogP contribution in [-0.2, 0) is 4.74 Å². The molecule has 7 nitrogen and oxygen atoms in total. The van der Waals surface area contributed by atoms with Gasteiger partial charge in [-0.25, -0.2) is 9.78 Å². The number of piperazine rings is 1. The number of rotatable bonds is 1. The first-order valence-corrected chi connectivity index (χ1v) is 6.90. The number of para-hydroxylation sites is 2. The molecule has 4 rings (SSSR count). The van der Waals surface area contributed by atoms with Crippen molar-refractivity contribution in [1.29, 1.82) is 0 Å². The van der Waals surface area contributed by atoms with Crippen molar-refractivity contribution in [2.75, 3.05) is 26.2 Å². The SMILES string of the molecule is O=C(c1nc2ccccc2[nH]1)N1CCN2C(=O)OC[C@@H]2C1. The fraction of sp³-hybridized carbons (Fsp3) is 0.357. The largest absolute Gasteiger partial charge is 0.447 e. The Hall–Kier alpha value is -2.57. The van der Waals surface area contributed by atoms with Crippen LogP contribution in [-0.4, -0.2) is 64.1 Å². The number of cyclic esters (lactones) is 1. The van der Waals surface area contributed by atoms with Gasteiger partial charge >= 0.3 is 6.09 Å². The summed E-state index contributed by atoms with van der Waals surface area (Å²) in [5, 5.41) is 0. The molecule has 0 radical (unpaired) electrons. The first-order chi connectivity index (χ1) is 10.2. The summed E-state index contributed by atoms with van der Waals surface area (Å²) < 4.78 is 5.01. The van der Waals surface area contributed by atoms with Gasteiger partial charge in [-0.1, -0.05) is 12.1 Å². The zero-order valence-electron chi connectivity index (χ0n) is 11.3. The van der Waals surface area contributed by atoms with Crippen LogP contribution < -0.4 is 0 Å². The highest BCUT2D eigenvalue weighted by Crippen LogP contribution is 2.19. The van der Waals surface area contributed by atoms with E-state index in [2.05, 4.69) is 9.97 Å². The lowest BCUT2D eigenvalue weighted by Gasteiger charge is -2.34. The molecule has 0 unspecified atom stereocenters. The number of nitrogens with zero attached hydrogens (tertiary/aromatic N) is 3. The molecular formula is C14H14N4O3. The van der Waals surface area contributed by atoms with Crippen molar-refractivity contribution in [1.82, 2.24) is 19.8 Å². The van der Waals surface area contributed by atoms with Crippen LogP contribution in [0.15, 0.2) is 24.3 Å². The predicted octanol–water partition coefficient (Wildman–Crippen LogP) is 0.839. The molecule has 1 aromatic heterocycles. The van der Waals surface area contributed by atoms with E-state index in [9.17, 15) is 9.59 Å². The molecular weight excluding hydrogens is 272 g/mol. The average Bonchev–Trinajstić information content (AvgIpc) is 3.10. The maximum atomic E-state index is 12.5. The summed E-state index contributed by atoms with van der Waals surface area (Å²) in [5.74, 6) is 0.208. The van der Waals surface area contributed by atoms with Gasteiger partial charge in [0.1, 0.15) is 6.61 Å². The fourth-order valence-corrected chi connectivity index (χ4v) is 2.88. The normalized spacial score (nSPS) is 21.5. The van der Waals surface area contributed by atoms with E-state index in [-0.39, 0.29) is 18.0 Å². The summed E-state index contributed by atoms with van der Waals surface area (Å²) in [7, 11) is 0. The number of hydrogen-bond acceptors (Lipinski definition) is 4. The summed E-state index contributed by atoms with van der Waals surface area (Å²) in [4.78, 5) is 34.8. The van der Waals surface area contributed by atoms with Crippen molar-refractivity contribution >= 4 is 23.0 Å². The summed E-state index contributed by atoms with van der Waals surface area (Å²) in [6.07, 6.45) is -0.282. The number of carbonyl (C=O) groups is 2. The Bertz CT molecular complexity index is 693. The van der Waals surface area contributed by atoms with E-state index >= 15 is 0 Å². The Morgan fingerprint density at radius 2 is 2.19 bits per heavy atom. The number of ether oxygens (including phenoxy) is 1. The number of amides is 2. The van der Waals surface area contributed by atoms with Crippen LogP contribution in [0, 0.1) is 0 Å². The van der Waals surface area contributed by atoms with Crippen LogP contribution in [0.2, 0.25) is 0 Å². The molecule has 7 heteroatoms. The number of aromatic nitrogens is 2. The maximum Gasteiger partial charge on any atom is 0.410 e. The third kappa shape index (κ3) is 1.93. The van der Waals surface area contributed by atoms with Crippen LogP contribution >= 0.6 is 0 Å². The van der Waals surface area contributed by atoms with Crippen molar-refractivity contribution in [3.8, 4) is 0 Å². The molecule has 0 spiro atoms. The first-order valence-electron chi connectivity index (χ1n) is 6.90. The van der Waals surface area contributed by atoms with Crippen molar-refractivity contribution in [3.05, 3.63) is 30.1 Å². The van der Waals surface area contributed by atoms with Crippen molar-refractivity contribution < 1.29 is 14.3 Å². The number of H-pyrrole nitrogens is 1. The second kappa shape index (κ2) is 4.47. The Labute approximate surface area is 120 Å². The molecule has 2 aliphatic rings. The second-order valence-corrected chi connectivity index (χ2v) is 5.28. The molecule has 2 saturated heterocycles. The minimum Gasteiger partial charge on any atom is -0.447 e. The van der Waals surface area contributed by atoms with Gasteiger partial charge in [0.25, 0.3) is 5.91 Å². The minimum absolute atomic E-state index is 0.0421. The molecule has 3 heterocycles. The number of carbonyl (C=O) groups excluding carboxylic acids is 2. The highest BCUT2D eigenvalue weighted by molar-refractivity contribution is 5.94. The van der Waals surface area contributed by atoms with E-state index in [1.54, 1.807) is 9.80 Å². The summed E-state index contributed by atoms with van der Waals surface area (Å²) in [6, 6.07) is 7.50. The third-order valence-electron chi connectivity index (χ3n) is 4.00. The maximum absolute atomic E-state index is 12.5. The minimum atomic E-state index is -0.282. The lowest BCUT2D eigenvalue weighted by Crippen LogP contribution is -2.53. The fourth-order valence-electron chi connectivity index (χ4n) is 2.88. The van der Waals surface area contributed by atoms with Crippen LogP contribution in [0.3, 0.4) is 0 Å². The van der Waals surface area contributed by atoms with Crippen molar-refractivity contribution in [2.45, 2.75) is 6.04 Å². The summed E-state index contributed by atoms with van der Waals surface area (Å²) >= 11 is 0. The Morgan fingerprint density at radius 1 is 1.33 bits per heavy atom. The second-order valence-electron chi connectivity index (χ2n) is 5.28. The van der Waals surface area contributed by atoms with Gasteiger partial charge in [0.2, 0.25) is 0 Å². The van der Waals surface area contributed by atoms with E-state index in [1.165, 1.54) is 0 Å². The molecule has 1 N–H and O–H groups in total. The molecule has 2 amide bonds. The lowest BCUT2D eigenvalue weighted by molar-refractivity contribution is 0.0606. The number of nitrogens with one attached hydrogen (secondary N) is 1. The highest BCUT2D eigenvalue weighted by Gasteiger charge is 2.39. The molecule has 2 aromatic rings. The van der Waals surface area contributed by atoms with Crippen LogP contribution in [0.1, 0.15) is 10.6 Å². The monoisotopic (exact) mass is 286 g/mol. The molecule has 0 aliphatic carbocycles. The zero-order chi connectivity index (χ0) is 14.4. The standard InChI is InChI=1S/C14H14N4O3/c19-13(12-15-10-3-1-2-4-11(10)16-12)17-5-6-18-9(7-17)8-21-14(18)20/h1-4,9H,5-8H2,(H,15,16)/t9-/m0/s1. The molecule has 108 valence electrons. The number of fused-ring (bicyclic) bond motifs is 2. The van der Waals surface area contributed by atoms with Gasteiger partial charge in [-0.05, 0) is 12.1 Å². The molecule has 1 aromatic carbocycles. The quantitative estimate of drug-likeness (QED) is 0.842. The molecule has 0 saturated carbocycles. The first kappa shape index (κ1) is 12.2.